The summed E-state index contributed by atoms with van der Waals surface area (Å²) < 4.78 is 34.5. The minimum absolute atomic E-state index is 0.0936. The number of rotatable bonds is 9. The minimum atomic E-state index is -3.04. The molecule has 0 bridgehead atoms. The smallest absolute Gasteiger partial charge is 0.289 e. The molecule has 42 heavy (non-hydrogen) atoms. The third kappa shape index (κ3) is 5.43. The van der Waals surface area contributed by atoms with E-state index in [2.05, 4.69) is 20.9 Å². The molecule has 2 aliphatic heterocycles. The lowest BCUT2D eigenvalue weighted by atomic mass is 9.89. The average Bonchev–Trinajstić information content (AvgIpc) is 3.27. The summed E-state index contributed by atoms with van der Waals surface area (Å²) in [4.78, 5) is 69.7. The summed E-state index contributed by atoms with van der Waals surface area (Å²) in [6.45, 7) is 3.48. The van der Waals surface area contributed by atoms with Gasteiger partial charge in [0.05, 0.1) is 18.6 Å². The average molecular weight is 588 g/mol. The van der Waals surface area contributed by atoms with Crippen LogP contribution in [0.15, 0.2) is 24.3 Å². The van der Waals surface area contributed by atoms with Gasteiger partial charge in [-0.2, -0.15) is 0 Å². The fraction of sp³-hybridized carbons (Fsp3) is 0.552. The Morgan fingerprint density at radius 1 is 1.19 bits per heavy atom. The molecule has 3 heterocycles. The van der Waals surface area contributed by atoms with Crippen LogP contribution in [-0.4, -0.2) is 83.5 Å². The zero-order chi connectivity index (χ0) is 30.4. The van der Waals surface area contributed by atoms with Gasteiger partial charge in [-0.3, -0.25) is 24.0 Å². The SMILES string of the molecule is COc1cccc2[nH]c(C(=O)N3CC4(CC3C(=O)NC(CC3CCCNC3=O)C(=O)C(=O)NC(C)C)CC4(F)F)cc12. The maximum absolute atomic E-state index is 14.6. The van der Waals surface area contributed by atoms with Gasteiger partial charge in [0, 0.05) is 42.4 Å². The number of piperidine rings is 1. The standard InChI is InChI=1S/C29H35F2N5O6/c1-15(2)33-26(40)23(37)19(10-16-6-5-9-32-24(16)38)35-25(39)21-12-28(13-29(28,30)31)14-36(21)27(41)20-11-17-18(34-20)7-4-8-22(17)42-3/h4,7-8,11,15-16,19,21,34H,5-6,9-10,12-14H2,1-3H3,(H,32,38)(H,33,40)(H,35,39). The third-order valence-corrected chi connectivity index (χ3v) is 8.48. The number of hydrogen-bond acceptors (Lipinski definition) is 6. The summed E-state index contributed by atoms with van der Waals surface area (Å²) in [6.07, 6.45) is 0.233. The number of methoxy groups -OCH3 is 1. The van der Waals surface area contributed by atoms with Crippen LogP contribution in [0.3, 0.4) is 0 Å². The quantitative estimate of drug-likeness (QED) is 0.330. The van der Waals surface area contributed by atoms with E-state index in [1.54, 1.807) is 38.1 Å². The Balaban J connectivity index is 1.41. The van der Waals surface area contributed by atoms with Crippen molar-refractivity contribution in [2.45, 2.75) is 70.0 Å². The number of fused-ring (bicyclic) bond motifs is 1. The molecule has 1 spiro atoms. The van der Waals surface area contributed by atoms with Crippen LogP contribution in [0.25, 0.3) is 10.9 Å². The van der Waals surface area contributed by atoms with Crippen molar-refractivity contribution in [3.8, 4) is 5.75 Å². The summed E-state index contributed by atoms with van der Waals surface area (Å²) in [7, 11) is 1.49. The Labute approximate surface area is 241 Å². The molecule has 2 aromatic rings. The van der Waals surface area contributed by atoms with Crippen LogP contribution in [0.4, 0.5) is 8.78 Å². The lowest BCUT2D eigenvalue weighted by Crippen LogP contribution is -2.55. The van der Waals surface area contributed by atoms with Gasteiger partial charge in [-0.05, 0) is 57.7 Å². The van der Waals surface area contributed by atoms with Crippen molar-refractivity contribution < 1.29 is 37.5 Å². The molecule has 4 unspecified atom stereocenters. The van der Waals surface area contributed by atoms with Gasteiger partial charge in [0.25, 0.3) is 17.7 Å². The zero-order valence-corrected chi connectivity index (χ0v) is 23.7. The van der Waals surface area contributed by atoms with E-state index >= 15 is 0 Å². The highest BCUT2D eigenvalue weighted by atomic mass is 19.3. The number of nitrogens with one attached hydrogen (secondary N) is 4. The van der Waals surface area contributed by atoms with Gasteiger partial charge in [-0.15, -0.1) is 0 Å². The number of nitrogens with zero attached hydrogens (tertiary/aromatic N) is 1. The normalized spacial score (nSPS) is 25.3. The second kappa shape index (κ2) is 11.0. The van der Waals surface area contributed by atoms with Crippen LogP contribution in [0.2, 0.25) is 0 Å². The molecule has 5 rings (SSSR count). The topological polar surface area (TPSA) is 150 Å². The number of halogens is 2. The van der Waals surface area contributed by atoms with Crippen molar-refractivity contribution in [3.63, 3.8) is 0 Å². The molecule has 2 saturated heterocycles. The van der Waals surface area contributed by atoms with Crippen molar-refractivity contribution in [3.05, 3.63) is 30.0 Å². The van der Waals surface area contributed by atoms with Crippen molar-refractivity contribution in [2.24, 2.45) is 11.3 Å². The fourth-order valence-electron chi connectivity index (χ4n) is 6.11. The Hall–Kier alpha value is -4.03. The Kier molecular flexibility index (Phi) is 7.71. The molecule has 4 amide bonds. The number of benzene rings is 1. The summed E-state index contributed by atoms with van der Waals surface area (Å²) in [5, 5.41) is 8.39. The van der Waals surface area contributed by atoms with E-state index < -0.39 is 59.3 Å². The van der Waals surface area contributed by atoms with Crippen LogP contribution in [0.1, 0.15) is 56.4 Å². The Morgan fingerprint density at radius 2 is 1.93 bits per heavy atom. The number of carbonyl (C=O) groups is 5. The van der Waals surface area contributed by atoms with Crippen molar-refractivity contribution in [1.29, 1.82) is 0 Å². The Bertz CT molecular complexity index is 1440. The first kappa shape index (κ1) is 29.5. The van der Waals surface area contributed by atoms with Gasteiger partial charge in [0.1, 0.15) is 17.5 Å². The lowest BCUT2D eigenvalue weighted by molar-refractivity contribution is -0.141. The summed E-state index contributed by atoms with van der Waals surface area (Å²) >= 11 is 0. The van der Waals surface area contributed by atoms with Crippen molar-refractivity contribution in [2.75, 3.05) is 20.2 Å². The number of aromatic nitrogens is 1. The zero-order valence-electron chi connectivity index (χ0n) is 23.7. The van der Waals surface area contributed by atoms with Gasteiger partial charge in [-0.1, -0.05) is 6.07 Å². The molecule has 1 saturated carbocycles. The van der Waals surface area contributed by atoms with Crippen LogP contribution in [0.5, 0.6) is 5.75 Å². The van der Waals surface area contributed by atoms with Crippen molar-refractivity contribution >= 4 is 40.3 Å². The van der Waals surface area contributed by atoms with Gasteiger partial charge in [-0.25, -0.2) is 8.78 Å². The second-order valence-corrected chi connectivity index (χ2v) is 11.8. The largest absolute Gasteiger partial charge is 0.496 e. The number of aromatic amines is 1. The molecule has 4 atom stereocenters. The maximum Gasteiger partial charge on any atom is 0.289 e. The van der Waals surface area contributed by atoms with Crippen molar-refractivity contribution in [1.82, 2.24) is 25.8 Å². The first-order valence-corrected chi connectivity index (χ1v) is 14.1. The lowest BCUT2D eigenvalue weighted by Gasteiger charge is -2.28. The number of ether oxygens (including phenoxy) is 1. The summed E-state index contributed by atoms with van der Waals surface area (Å²) in [5.41, 5.74) is -0.861. The molecule has 3 aliphatic rings. The highest BCUT2D eigenvalue weighted by Gasteiger charge is 2.75. The van der Waals surface area contributed by atoms with Gasteiger partial charge in [0.2, 0.25) is 17.6 Å². The molecule has 1 aromatic carbocycles. The van der Waals surface area contributed by atoms with Crippen LogP contribution in [-0.2, 0) is 19.2 Å². The first-order chi connectivity index (χ1) is 19.9. The van der Waals surface area contributed by atoms with Crippen LogP contribution >= 0.6 is 0 Å². The third-order valence-electron chi connectivity index (χ3n) is 8.48. The van der Waals surface area contributed by atoms with E-state index in [0.717, 1.165) is 4.90 Å². The molecule has 11 nitrogen and oxygen atoms in total. The van der Waals surface area contributed by atoms with Gasteiger partial charge in [0.15, 0.2) is 0 Å². The van der Waals surface area contributed by atoms with E-state index in [9.17, 15) is 32.8 Å². The number of ketones is 1. The summed E-state index contributed by atoms with van der Waals surface area (Å²) in [6, 6.07) is 3.68. The number of alkyl halides is 2. The fourth-order valence-corrected chi connectivity index (χ4v) is 6.11. The Morgan fingerprint density at radius 3 is 2.57 bits per heavy atom. The number of carbonyl (C=O) groups excluding carboxylic acids is 5. The molecular formula is C29H35F2N5O6. The van der Waals surface area contributed by atoms with E-state index in [-0.39, 0.29) is 37.0 Å². The number of likely N-dealkylation sites (tertiary alicyclic amines) is 1. The minimum Gasteiger partial charge on any atom is -0.496 e. The molecule has 226 valence electrons. The number of H-pyrrole nitrogens is 1. The van der Waals surface area contributed by atoms with Crippen LogP contribution in [0, 0.1) is 11.3 Å². The molecule has 0 radical (unpaired) electrons. The van der Waals surface area contributed by atoms with E-state index in [1.807, 2.05) is 0 Å². The molecule has 3 fully saturated rings. The maximum atomic E-state index is 14.6. The van der Waals surface area contributed by atoms with E-state index in [1.165, 1.54) is 7.11 Å². The van der Waals surface area contributed by atoms with Gasteiger partial charge >= 0.3 is 0 Å². The number of Topliss-reactive ketones (excluding diaryl/α,β-unsaturated/α-hetero) is 1. The number of amides is 4. The number of hydrogen-bond donors (Lipinski definition) is 4. The first-order valence-electron chi connectivity index (χ1n) is 14.1. The molecule has 4 N–H and O–H groups in total. The van der Waals surface area contributed by atoms with E-state index in [0.29, 0.717) is 36.0 Å². The highest BCUT2D eigenvalue weighted by Crippen LogP contribution is 2.66. The van der Waals surface area contributed by atoms with Gasteiger partial charge < -0.3 is 30.6 Å². The molecule has 13 heteroatoms. The second-order valence-electron chi connectivity index (χ2n) is 11.8. The molecule has 1 aromatic heterocycles. The monoisotopic (exact) mass is 587 g/mol. The highest BCUT2D eigenvalue weighted by molar-refractivity contribution is 6.38. The predicted octanol–water partition coefficient (Wildman–Crippen LogP) is 1.91. The molecule has 1 aliphatic carbocycles. The molecular weight excluding hydrogens is 552 g/mol. The predicted molar refractivity (Wildman–Crippen MR) is 147 cm³/mol. The van der Waals surface area contributed by atoms with Crippen LogP contribution < -0.4 is 20.7 Å². The van der Waals surface area contributed by atoms with E-state index in [4.69, 9.17) is 4.74 Å². The summed E-state index contributed by atoms with van der Waals surface area (Å²) in [5.74, 6) is -6.80.